The van der Waals surface area contributed by atoms with E-state index in [2.05, 4.69) is 66.7 Å². The molecule has 3 nitrogen and oxygen atoms in total. The smallest absolute Gasteiger partial charge is 0.306 e. The molecule has 2 saturated carbocycles. The van der Waals surface area contributed by atoms with Gasteiger partial charge in [0, 0.05) is 0 Å². The number of hydrogen-bond acceptors (Lipinski definition) is 2. The van der Waals surface area contributed by atoms with Crippen LogP contribution in [-0.2, 0) is 4.79 Å². The Morgan fingerprint density at radius 2 is 1.79 bits per heavy atom. The molecular formula is C30H46O3. The van der Waals surface area contributed by atoms with E-state index in [1.165, 1.54) is 16.7 Å². The maximum Gasteiger partial charge on any atom is 0.306 e. The Bertz CT molecular complexity index is 904. The van der Waals surface area contributed by atoms with Gasteiger partial charge in [-0.1, -0.05) is 58.4 Å². The van der Waals surface area contributed by atoms with Crippen molar-refractivity contribution in [3.63, 3.8) is 0 Å². The molecule has 2 fully saturated rings. The standard InChI is InChI=1S/C30H46O3/c1-19(2)9-8-10-20(26(32)33)21-13-17-30(7)23-11-12-24-27(3,4)25(31)15-16-28(24,5)22(23)14-18-29(21,30)6/h9,11,14,20-21,24-25,31H,8,10,12-13,15-18H2,1-7H3,(H,32,33)/t20-,21-,24+,25+,28-,29-,30+/m0/s1. The highest BCUT2D eigenvalue weighted by molar-refractivity contribution is 5.71. The lowest BCUT2D eigenvalue weighted by atomic mass is 9.44. The SMILES string of the molecule is CC(C)=CCC[C@H](C(=O)O)[C@@H]1CC[C@]2(C)C3=CC[C@@H]4C(C)(C)[C@H](O)CC[C@@]4(C)C3=CC[C@@]12C. The minimum absolute atomic E-state index is 0.0245. The molecule has 0 saturated heterocycles. The van der Waals surface area contributed by atoms with Gasteiger partial charge in [0.1, 0.15) is 0 Å². The number of carboxylic acids is 1. The third kappa shape index (κ3) is 3.51. The Labute approximate surface area is 201 Å². The van der Waals surface area contributed by atoms with Crippen molar-refractivity contribution in [1.29, 1.82) is 0 Å². The lowest BCUT2D eigenvalue weighted by Gasteiger charge is -2.61. The number of aliphatic hydroxyl groups excluding tert-OH is 1. The Balaban J connectivity index is 1.70. The van der Waals surface area contributed by atoms with E-state index in [1.807, 2.05) is 0 Å². The number of aliphatic hydroxyl groups is 1. The monoisotopic (exact) mass is 454 g/mol. The molecule has 4 rings (SSSR count). The zero-order chi connectivity index (χ0) is 24.4. The molecule has 0 aliphatic heterocycles. The molecule has 4 aliphatic carbocycles. The molecule has 0 aromatic heterocycles. The highest BCUT2D eigenvalue weighted by Crippen LogP contribution is 2.71. The lowest BCUT2D eigenvalue weighted by molar-refractivity contribution is -0.146. The molecule has 3 heteroatoms. The first-order valence-electron chi connectivity index (χ1n) is 13.2. The first-order valence-corrected chi connectivity index (χ1v) is 13.2. The van der Waals surface area contributed by atoms with E-state index in [-0.39, 0.29) is 39.6 Å². The summed E-state index contributed by atoms with van der Waals surface area (Å²) in [5.74, 6) is -0.238. The second-order valence-corrected chi connectivity index (χ2v) is 13.2. The number of carboxylic acid groups (broad SMARTS) is 1. The van der Waals surface area contributed by atoms with Crippen LogP contribution in [0.3, 0.4) is 0 Å². The maximum absolute atomic E-state index is 12.4. The van der Waals surface area contributed by atoms with Crippen LogP contribution < -0.4 is 0 Å². The molecule has 0 aromatic rings. The number of aliphatic carboxylic acids is 1. The van der Waals surface area contributed by atoms with E-state index in [0.29, 0.717) is 5.92 Å². The van der Waals surface area contributed by atoms with Crippen molar-refractivity contribution in [2.45, 2.75) is 106 Å². The molecular weight excluding hydrogens is 408 g/mol. The fraction of sp³-hybridized carbons (Fsp3) is 0.767. The number of hydrogen-bond donors (Lipinski definition) is 2. The largest absolute Gasteiger partial charge is 0.481 e. The Morgan fingerprint density at radius 1 is 1.09 bits per heavy atom. The van der Waals surface area contributed by atoms with Gasteiger partial charge < -0.3 is 10.2 Å². The number of rotatable bonds is 5. The van der Waals surface area contributed by atoms with Crippen molar-refractivity contribution < 1.29 is 15.0 Å². The second-order valence-electron chi connectivity index (χ2n) is 13.2. The van der Waals surface area contributed by atoms with Gasteiger partial charge in [0.05, 0.1) is 12.0 Å². The van der Waals surface area contributed by atoms with E-state index < -0.39 is 5.97 Å². The van der Waals surface area contributed by atoms with E-state index in [0.717, 1.165) is 51.4 Å². The lowest BCUT2D eigenvalue weighted by Crippen LogP contribution is -2.54. The van der Waals surface area contributed by atoms with Gasteiger partial charge in [0.25, 0.3) is 0 Å². The second kappa shape index (κ2) is 8.11. The molecule has 0 spiro atoms. The topological polar surface area (TPSA) is 57.5 Å². The summed E-state index contributed by atoms with van der Waals surface area (Å²) in [5, 5.41) is 21.0. The summed E-state index contributed by atoms with van der Waals surface area (Å²) < 4.78 is 0. The van der Waals surface area contributed by atoms with Crippen LogP contribution in [0.1, 0.15) is 99.8 Å². The highest BCUT2D eigenvalue weighted by atomic mass is 16.4. The Hall–Kier alpha value is -1.35. The van der Waals surface area contributed by atoms with Gasteiger partial charge in [0.2, 0.25) is 0 Å². The van der Waals surface area contributed by atoms with Crippen LogP contribution in [0.4, 0.5) is 0 Å². The molecule has 0 amide bonds. The van der Waals surface area contributed by atoms with Gasteiger partial charge >= 0.3 is 5.97 Å². The molecule has 33 heavy (non-hydrogen) atoms. The highest BCUT2D eigenvalue weighted by Gasteiger charge is 2.63. The van der Waals surface area contributed by atoms with E-state index in [1.54, 1.807) is 0 Å². The molecule has 0 bridgehead atoms. The van der Waals surface area contributed by atoms with E-state index in [4.69, 9.17) is 0 Å². The van der Waals surface area contributed by atoms with Crippen LogP contribution in [0.2, 0.25) is 0 Å². The first kappa shape index (κ1) is 24.8. The average Bonchev–Trinajstić information content (AvgIpc) is 3.00. The van der Waals surface area contributed by atoms with Gasteiger partial charge in [-0.05, 0) is 110 Å². The summed E-state index contributed by atoms with van der Waals surface area (Å²) >= 11 is 0. The molecule has 0 unspecified atom stereocenters. The summed E-state index contributed by atoms with van der Waals surface area (Å²) in [6.45, 7) is 16.0. The van der Waals surface area contributed by atoms with E-state index >= 15 is 0 Å². The first-order chi connectivity index (χ1) is 15.3. The molecule has 2 N–H and O–H groups in total. The fourth-order valence-electron chi connectivity index (χ4n) is 8.73. The molecule has 0 aromatic carbocycles. The van der Waals surface area contributed by atoms with Gasteiger partial charge in [-0.25, -0.2) is 0 Å². The predicted octanol–water partition coefficient (Wildman–Crippen LogP) is 7.32. The van der Waals surface area contributed by atoms with Crippen molar-refractivity contribution >= 4 is 5.97 Å². The van der Waals surface area contributed by atoms with Gasteiger partial charge in [-0.15, -0.1) is 0 Å². The van der Waals surface area contributed by atoms with Crippen LogP contribution in [0, 0.1) is 39.4 Å². The number of allylic oxidation sites excluding steroid dienone is 6. The summed E-state index contributed by atoms with van der Waals surface area (Å²) in [7, 11) is 0. The van der Waals surface area contributed by atoms with Gasteiger partial charge in [-0.3, -0.25) is 4.79 Å². The van der Waals surface area contributed by atoms with Gasteiger partial charge in [-0.2, -0.15) is 0 Å². The fourth-order valence-corrected chi connectivity index (χ4v) is 8.73. The maximum atomic E-state index is 12.4. The van der Waals surface area contributed by atoms with Crippen LogP contribution in [0.5, 0.6) is 0 Å². The minimum atomic E-state index is -0.616. The summed E-state index contributed by atoms with van der Waals surface area (Å²) in [5.41, 5.74) is 4.32. The number of fused-ring (bicyclic) bond motifs is 5. The van der Waals surface area contributed by atoms with Crippen LogP contribution in [-0.4, -0.2) is 22.3 Å². The Kier molecular flexibility index (Phi) is 6.08. The predicted molar refractivity (Wildman–Crippen MR) is 135 cm³/mol. The van der Waals surface area contributed by atoms with Crippen molar-refractivity contribution in [2.75, 3.05) is 0 Å². The summed E-state index contributed by atoms with van der Waals surface area (Å²) in [4.78, 5) is 12.4. The van der Waals surface area contributed by atoms with Gasteiger partial charge in [0.15, 0.2) is 0 Å². The van der Waals surface area contributed by atoms with Crippen molar-refractivity contribution in [1.82, 2.24) is 0 Å². The van der Waals surface area contributed by atoms with Crippen LogP contribution in [0.25, 0.3) is 0 Å². The normalized spacial score (nSPS) is 42.2. The number of carbonyl (C=O) groups is 1. The third-order valence-corrected chi connectivity index (χ3v) is 11.1. The minimum Gasteiger partial charge on any atom is -0.481 e. The average molecular weight is 455 g/mol. The molecule has 4 aliphatic rings. The third-order valence-electron chi connectivity index (χ3n) is 11.1. The molecule has 7 atom stereocenters. The van der Waals surface area contributed by atoms with Crippen molar-refractivity contribution in [3.8, 4) is 0 Å². The van der Waals surface area contributed by atoms with E-state index in [9.17, 15) is 15.0 Å². The quantitative estimate of drug-likeness (QED) is 0.428. The summed E-state index contributed by atoms with van der Waals surface area (Å²) in [6.07, 6.45) is 14.5. The summed E-state index contributed by atoms with van der Waals surface area (Å²) in [6, 6.07) is 0. The van der Waals surface area contributed by atoms with Crippen molar-refractivity contribution in [2.24, 2.45) is 39.4 Å². The molecule has 184 valence electrons. The zero-order valence-corrected chi connectivity index (χ0v) is 22.0. The molecule has 0 radical (unpaired) electrons. The zero-order valence-electron chi connectivity index (χ0n) is 22.0. The van der Waals surface area contributed by atoms with Crippen LogP contribution >= 0.6 is 0 Å². The van der Waals surface area contributed by atoms with Crippen molar-refractivity contribution in [3.05, 3.63) is 34.9 Å². The molecule has 0 heterocycles. The Morgan fingerprint density at radius 3 is 2.42 bits per heavy atom. The van der Waals surface area contributed by atoms with Crippen LogP contribution in [0.15, 0.2) is 34.9 Å².